The van der Waals surface area contributed by atoms with Crippen molar-refractivity contribution in [2.45, 2.75) is 19.8 Å². The van der Waals surface area contributed by atoms with Crippen LogP contribution >= 0.6 is 0 Å². The Hall–Kier alpha value is -3.23. The molecule has 8 nitrogen and oxygen atoms in total. The zero-order chi connectivity index (χ0) is 20.2. The lowest BCUT2D eigenvalue weighted by atomic mass is 9.98. The number of hydrogen-bond donors (Lipinski definition) is 3. The summed E-state index contributed by atoms with van der Waals surface area (Å²) in [6.07, 6.45) is 6.58. The first-order chi connectivity index (χ1) is 14.2. The van der Waals surface area contributed by atoms with Gasteiger partial charge in [0, 0.05) is 49.5 Å². The smallest absolute Gasteiger partial charge is 0.317 e. The molecule has 3 aromatic rings. The van der Waals surface area contributed by atoms with Crippen molar-refractivity contribution < 1.29 is 9.18 Å². The molecule has 152 valence electrons. The number of aromatic amines is 1. The summed E-state index contributed by atoms with van der Waals surface area (Å²) in [4.78, 5) is 29.8. The van der Waals surface area contributed by atoms with E-state index >= 15 is 0 Å². The number of nitrogens with zero attached hydrogens (tertiary/aromatic N) is 4. The molecule has 3 aromatic heterocycles. The van der Waals surface area contributed by atoms with Crippen LogP contribution in [-0.2, 0) is 0 Å². The van der Waals surface area contributed by atoms with E-state index in [-0.39, 0.29) is 17.8 Å². The third kappa shape index (κ3) is 4.13. The van der Waals surface area contributed by atoms with Gasteiger partial charge in [-0.05, 0) is 37.8 Å². The van der Waals surface area contributed by atoms with E-state index in [9.17, 15) is 9.18 Å². The van der Waals surface area contributed by atoms with Crippen LogP contribution in [0.4, 0.5) is 15.0 Å². The summed E-state index contributed by atoms with van der Waals surface area (Å²) in [5.41, 5.74) is 1.51. The average Bonchev–Trinajstić information content (AvgIpc) is 3.18. The second-order valence-electron chi connectivity index (χ2n) is 7.16. The number of anilines is 1. The summed E-state index contributed by atoms with van der Waals surface area (Å²) in [5.74, 6) is 0.341. The summed E-state index contributed by atoms with van der Waals surface area (Å²) in [5, 5.41) is 6.83. The summed E-state index contributed by atoms with van der Waals surface area (Å²) < 4.78 is 14.3. The summed E-state index contributed by atoms with van der Waals surface area (Å²) in [6.45, 7) is 4.45. The largest absolute Gasteiger partial charge is 0.367 e. The molecule has 1 saturated heterocycles. The van der Waals surface area contributed by atoms with Crippen molar-refractivity contribution in [2.75, 3.05) is 31.5 Å². The van der Waals surface area contributed by atoms with Gasteiger partial charge in [-0.25, -0.2) is 24.1 Å². The van der Waals surface area contributed by atoms with Crippen molar-refractivity contribution in [1.29, 1.82) is 0 Å². The van der Waals surface area contributed by atoms with Gasteiger partial charge < -0.3 is 20.5 Å². The molecule has 2 amide bonds. The van der Waals surface area contributed by atoms with Gasteiger partial charge >= 0.3 is 6.03 Å². The predicted molar refractivity (Wildman–Crippen MR) is 109 cm³/mol. The molecular weight excluding hydrogens is 373 g/mol. The minimum atomic E-state index is -0.497. The standard InChI is InChI=1S/C20H24FN7O/c1-2-22-20(29)28-8-4-5-13(12-28)9-24-19-16(21)11-26-18(27-19)15-10-25-17-14(15)6-3-7-23-17/h3,6-7,10-11,13H,2,4-5,8-9,12H2,1H3,(H,22,29)(H,23,25)(H,24,26,27)/t13-/m1/s1. The minimum absolute atomic E-state index is 0.0411. The first-order valence-electron chi connectivity index (χ1n) is 9.87. The molecule has 1 atom stereocenters. The number of likely N-dealkylation sites (tertiary alicyclic amines) is 1. The van der Waals surface area contributed by atoms with Gasteiger partial charge in [0.1, 0.15) is 5.65 Å². The monoisotopic (exact) mass is 397 g/mol. The molecule has 9 heteroatoms. The Morgan fingerprint density at radius 3 is 3.17 bits per heavy atom. The minimum Gasteiger partial charge on any atom is -0.367 e. The van der Waals surface area contributed by atoms with Gasteiger partial charge in [0.05, 0.1) is 6.20 Å². The highest BCUT2D eigenvalue weighted by molar-refractivity contribution is 5.91. The molecule has 0 saturated carbocycles. The van der Waals surface area contributed by atoms with Crippen LogP contribution in [0.25, 0.3) is 22.4 Å². The average molecular weight is 397 g/mol. The molecule has 0 radical (unpaired) electrons. The fraction of sp³-hybridized carbons (Fsp3) is 0.400. The number of H-pyrrole nitrogens is 1. The Kier molecular flexibility index (Phi) is 5.55. The second-order valence-corrected chi connectivity index (χ2v) is 7.16. The Morgan fingerprint density at radius 2 is 2.31 bits per heavy atom. The highest BCUT2D eigenvalue weighted by Gasteiger charge is 2.23. The Morgan fingerprint density at radius 1 is 1.41 bits per heavy atom. The van der Waals surface area contributed by atoms with Gasteiger partial charge in [0.2, 0.25) is 0 Å². The van der Waals surface area contributed by atoms with Crippen LogP contribution in [0.15, 0.2) is 30.7 Å². The lowest BCUT2D eigenvalue weighted by Crippen LogP contribution is -2.46. The van der Waals surface area contributed by atoms with E-state index in [4.69, 9.17) is 0 Å². The van der Waals surface area contributed by atoms with E-state index in [1.54, 1.807) is 12.4 Å². The number of pyridine rings is 1. The van der Waals surface area contributed by atoms with Crippen LogP contribution in [0.5, 0.6) is 0 Å². The summed E-state index contributed by atoms with van der Waals surface area (Å²) in [7, 11) is 0. The van der Waals surface area contributed by atoms with Crippen molar-refractivity contribution in [3.8, 4) is 11.4 Å². The number of carbonyl (C=O) groups is 1. The first-order valence-corrected chi connectivity index (χ1v) is 9.87. The van der Waals surface area contributed by atoms with Crippen LogP contribution in [0.2, 0.25) is 0 Å². The molecule has 0 unspecified atom stereocenters. The normalized spacial score (nSPS) is 16.8. The van der Waals surface area contributed by atoms with Crippen LogP contribution < -0.4 is 10.6 Å². The summed E-state index contributed by atoms with van der Waals surface area (Å²) >= 11 is 0. The highest BCUT2D eigenvalue weighted by atomic mass is 19.1. The molecule has 0 bridgehead atoms. The van der Waals surface area contributed by atoms with Crippen LogP contribution in [0.3, 0.4) is 0 Å². The number of rotatable bonds is 5. The molecule has 0 aliphatic carbocycles. The zero-order valence-electron chi connectivity index (χ0n) is 16.3. The van der Waals surface area contributed by atoms with Gasteiger partial charge in [-0.15, -0.1) is 0 Å². The van der Waals surface area contributed by atoms with Crippen molar-refractivity contribution in [3.63, 3.8) is 0 Å². The molecule has 4 heterocycles. The number of urea groups is 1. The third-order valence-corrected chi connectivity index (χ3v) is 5.13. The number of hydrogen-bond acceptors (Lipinski definition) is 5. The maximum atomic E-state index is 14.3. The van der Waals surface area contributed by atoms with E-state index in [2.05, 4.69) is 30.6 Å². The second kappa shape index (κ2) is 8.42. The van der Waals surface area contributed by atoms with E-state index in [1.807, 2.05) is 24.0 Å². The van der Waals surface area contributed by atoms with Crippen LogP contribution in [0, 0.1) is 11.7 Å². The van der Waals surface area contributed by atoms with Gasteiger partial charge in [-0.3, -0.25) is 0 Å². The SMILES string of the molecule is CCNC(=O)N1CCC[C@H](CNc2nc(-c3c[nH]c4ncccc34)ncc2F)C1. The molecule has 1 aliphatic rings. The van der Waals surface area contributed by atoms with Crippen molar-refractivity contribution in [2.24, 2.45) is 5.92 Å². The van der Waals surface area contributed by atoms with Crippen LogP contribution in [-0.4, -0.2) is 57.0 Å². The van der Waals surface area contributed by atoms with Crippen molar-refractivity contribution in [1.82, 2.24) is 30.2 Å². The maximum Gasteiger partial charge on any atom is 0.317 e. The molecule has 0 spiro atoms. The highest BCUT2D eigenvalue weighted by Crippen LogP contribution is 2.26. The van der Waals surface area contributed by atoms with Gasteiger partial charge in [0.15, 0.2) is 17.5 Å². The maximum absolute atomic E-state index is 14.3. The number of nitrogens with one attached hydrogen (secondary N) is 3. The molecule has 29 heavy (non-hydrogen) atoms. The molecule has 4 rings (SSSR count). The quantitative estimate of drug-likeness (QED) is 0.615. The Labute approximate surface area is 168 Å². The predicted octanol–water partition coefficient (Wildman–Crippen LogP) is 3.01. The van der Waals surface area contributed by atoms with E-state index in [0.717, 1.165) is 36.0 Å². The van der Waals surface area contributed by atoms with Crippen molar-refractivity contribution in [3.05, 3.63) is 36.5 Å². The van der Waals surface area contributed by atoms with Crippen LogP contribution in [0.1, 0.15) is 19.8 Å². The zero-order valence-corrected chi connectivity index (χ0v) is 16.3. The third-order valence-electron chi connectivity index (χ3n) is 5.13. The number of carbonyl (C=O) groups excluding carboxylic acids is 1. The number of halogens is 1. The van der Waals surface area contributed by atoms with Gasteiger partial charge in [0.25, 0.3) is 0 Å². The lowest BCUT2D eigenvalue weighted by Gasteiger charge is -2.32. The number of aromatic nitrogens is 4. The molecule has 0 aromatic carbocycles. The van der Waals surface area contributed by atoms with Gasteiger partial charge in [-0.1, -0.05) is 0 Å². The molecule has 3 N–H and O–H groups in total. The van der Waals surface area contributed by atoms with Crippen molar-refractivity contribution >= 4 is 22.9 Å². The van der Waals surface area contributed by atoms with E-state index in [1.165, 1.54) is 6.20 Å². The first kappa shape index (κ1) is 19.1. The molecule has 1 fully saturated rings. The van der Waals surface area contributed by atoms with Gasteiger partial charge in [-0.2, -0.15) is 0 Å². The summed E-state index contributed by atoms with van der Waals surface area (Å²) in [6, 6.07) is 3.72. The molecule has 1 aliphatic heterocycles. The fourth-order valence-electron chi connectivity index (χ4n) is 3.68. The Bertz CT molecular complexity index is 1010. The fourth-order valence-corrected chi connectivity index (χ4v) is 3.68. The Balaban J connectivity index is 1.47. The molecular formula is C20H24FN7O. The number of amides is 2. The number of fused-ring (bicyclic) bond motifs is 1. The van der Waals surface area contributed by atoms with E-state index < -0.39 is 5.82 Å². The lowest BCUT2D eigenvalue weighted by molar-refractivity contribution is 0.169. The van der Waals surface area contributed by atoms with E-state index in [0.29, 0.717) is 25.5 Å². The topological polar surface area (TPSA) is 98.8 Å². The number of piperidine rings is 1.